The summed E-state index contributed by atoms with van der Waals surface area (Å²) < 4.78 is 31.8. The first-order valence-electron chi connectivity index (χ1n) is 7.44. The first kappa shape index (κ1) is 16.7. The van der Waals surface area contributed by atoms with Crippen molar-refractivity contribution in [3.63, 3.8) is 0 Å². The zero-order valence-electron chi connectivity index (χ0n) is 12.7. The molecule has 0 bridgehead atoms. The number of hydrogen-bond acceptors (Lipinski definition) is 3. The molecule has 4 nitrogen and oxygen atoms in total. The van der Waals surface area contributed by atoms with Gasteiger partial charge >= 0.3 is 0 Å². The van der Waals surface area contributed by atoms with E-state index in [0.29, 0.717) is 18.6 Å². The molecule has 0 radical (unpaired) electrons. The number of carbonyl (C=O) groups excluding carboxylic acids is 1. The smallest absolute Gasteiger partial charge is 0.277 e. The molecule has 1 aliphatic carbocycles. The standard InChI is InChI=1S/C16H22F2N2O2/c1-22-13-6-4-5-12(9-13)15(7-2-3-8-15)14(21)20-11-16(17,18)10-19/h4-6,9H,2-3,7-8,10-11,19H2,1H3,(H,20,21). The number of methoxy groups -OCH3 is 1. The third-order valence-electron chi connectivity index (χ3n) is 4.32. The number of amides is 1. The molecule has 1 fully saturated rings. The van der Waals surface area contributed by atoms with Gasteiger partial charge in [0, 0.05) is 0 Å². The van der Waals surface area contributed by atoms with E-state index in [2.05, 4.69) is 5.32 Å². The van der Waals surface area contributed by atoms with Gasteiger partial charge in [-0.15, -0.1) is 0 Å². The Hall–Kier alpha value is -1.69. The van der Waals surface area contributed by atoms with Crippen LogP contribution in [0.1, 0.15) is 31.2 Å². The van der Waals surface area contributed by atoms with Crippen LogP contribution in [0, 0.1) is 0 Å². The maximum Gasteiger partial charge on any atom is 0.277 e. The second-order valence-electron chi connectivity index (χ2n) is 5.76. The Labute approximate surface area is 129 Å². The molecule has 0 saturated heterocycles. The number of carbonyl (C=O) groups is 1. The maximum atomic E-state index is 13.3. The summed E-state index contributed by atoms with van der Waals surface area (Å²) in [6, 6.07) is 7.28. The number of rotatable bonds is 6. The molecule has 0 atom stereocenters. The number of halogens is 2. The lowest BCUT2D eigenvalue weighted by molar-refractivity contribution is -0.128. The Morgan fingerprint density at radius 1 is 1.41 bits per heavy atom. The van der Waals surface area contributed by atoms with Crippen LogP contribution in [0.4, 0.5) is 8.78 Å². The fraction of sp³-hybridized carbons (Fsp3) is 0.562. The number of hydrogen-bond donors (Lipinski definition) is 2. The average Bonchev–Trinajstić information content (AvgIpc) is 3.04. The minimum absolute atomic E-state index is 0.355. The summed E-state index contributed by atoms with van der Waals surface area (Å²) in [7, 11) is 1.56. The van der Waals surface area contributed by atoms with Gasteiger partial charge in [0.05, 0.1) is 25.6 Å². The minimum atomic E-state index is -3.08. The summed E-state index contributed by atoms with van der Waals surface area (Å²) >= 11 is 0. The van der Waals surface area contributed by atoms with E-state index < -0.39 is 24.4 Å². The van der Waals surface area contributed by atoms with E-state index in [9.17, 15) is 13.6 Å². The number of nitrogens with two attached hydrogens (primary N) is 1. The summed E-state index contributed by atoms with van der Waals surface area (Å²) in [5, 5.41) is 2.38. The van der Waals surface area contributed by atoms with Crippen molar-refractivity contribution in [1.29, 1.82) is 0 Å². The molecule has 0 aromatic heterocycles. The Kier molecular flexibility index (Phi) is 5.01. The molecule has 0 spiro atoms. The zero-order valence-corrected chi connectivity index (χ0v) is 12.7. The lowest BCUT2D eigenvalue weighted by atomic mass is 9.78. The highest BCUT2D eigenvalue weighted by atomic mass is 19.3. The number of ether oxygens (including phenoxy) is 1. The van der Waals surface area contributed by atoms with Crippen LogP contribution < -0.4 is 15.8 Å². The van der Waals surface area contributed by atoms with Gasteiger partial charge in [0.1, 0.15) is 5.75 Å². The van der Waals surface area contributed by atoms with Crippen molar-refractivity contribution in [2.45, 2.75) is 37.0 Å². The molecule has 1 aromatic rings. The van der Waals surface area contributed by atoms with Crippen molar-refractivity contribution in [1.82, 2.24) is 5.32 Å². The topological polar surface area (TPSA) is 64.3 Å². The van der Waals surface area contributed by atoms with Crippen LogP contribution in [0.15, 0.2) is 24.3 Å². The molecule has 0 heterocycles. The molecule has 122 valence electrons. The third-order valence-corrected chi connectivity index (χ3v) is 4.32. The van der Waals surface area contributed by atoms with E-state index in [4.69, 9.17) is 10.5 Å². The van der Waals surface area contributed by atoms with Crippen molar-refractivity contribution >= 4 is 5.91 Å². The van der Waals surface area contributed by atoms with Crippen LogP contribution in [0.2, 0.25) is 0 Å². The van der Waals surface area contributed by atoms with E-state index >= 15 is 0 Å². The van der Waals surface area contributed by atoms with Crippen LogP contribution in [-0.4, -0.2) is 32.0 Å². The average molecular weight is 312 g/mol. The second kappa shape index (κ2) is 6.60. The van der Waals surface area contributed by atoms with Gasteiger partial charge in [-0.05, 0) is 30.5 Å². The summed E-state index contributed by atoms with van der Waals surface area (Å²) in [5.41, 5.74) is 5.08. The molecular weight excluding hydrogens is 290 g/mol. The molecule has 1 aromatic carbocycles. The fourth-order valence-corrected chi connectivity index (χ4v) is 3.00. The molecule has 0 unspecified atom stereocenters. The molecular formula is C16H22F2N2O2. The van der Waals surface area contributed by atoms with Gasteiger partial charge in [-0.25, -0.2) is 8.78 Å². The molecule has 22 heavy (non-hydrogen) atoms. The van der Waals surface area contributed by atoms with E-state index in [1.54, 1.807) is 13.2 Å². The second-order valence-corrected chi connectivity index (χ2v) is 5.76. The van der Waals surface area contributed by atoms with Gasteiger partial charge in [0.2, 0.25) is 5.91 Å². The highest BCUT2D eigenvalue weighted by molar-refractivity contribution is 5.88. The first-order valence-corrected chi connectivity index (χ1v) is 7.44. The predicted molar refractivity (Wildman–Crippen MR) is 80.2 cm³/mol. The Balaban J connectivity index is 2.22. The summed E-state index contributed by atoms with van der Waals surface area (Å²) in [6.07, 6.45) is 3.11. The fourth-order valence-electron chi connectivity index (χ4n) is 3.00. The molecule has 1 amide bonds. The zero-order chi connectivity index (χ0) is 16.2. The van der Waals surface area contributed by atoms with Crippen LogP contribution in [-0.2, 0) is 10.2 Å². The number of benzene rings is 1. The maximum absolute atomic E-state index is 13.3. The molecule has 6 heteroatoms. The monoisotopic (exact) mass is 312 g/mol. The van der Waals surface area contributed by atoms with Gasteiger partial charge in [0.25, 0.3) is 5.92 Å². The third kappa shape index (κ3) is 3.38. The highest BCUT2D eigenvalue weighted by Crippen LogP contribution is 2.42. The Morgan fingerprint density at radius 3 is 2.68 bits per heavy atom. The Morgan fingerprint density at radius 2 is 2.09 bits per heavy atom. The minimum Gasteiger partial charge on any atom is -0.497 e. The van der Waals surface area contributed by atoms with Crippen molar-refractivity contribution < 1.29 is 18.3 Å². The SMILES string of the molecule is COc1cccc(C2(C(=O)NCC(F)(F)CN)CCCC2)c1. The van der Waals surface area contributed by atoms with Gasteiger partial charge < -0.3 is 15.8 Å². The normalized spacial score (nSPS) is 17.3. The lowest BCUT2D eigenvalue weighted by Gasteiger charge is -2.29. The van der Waals surface area contributed by atoms with E-state index in [1.165, 1.54) is 0 Å². The van der Waals surface area contributed by atoms with Crippen molar-refractivity contribution in [3.8, 4) is 5.75 Å². The van der Waals surface area contributed by atoms with E-state index in [0.717, 1.165) is 18.4 Å². The van der Waals surface area contributed by atoms with E-state index in [-0.39, 0.29) is 5.91 Å². The van der Waals surface area contributed by atoms with E-state index in [1.807, 2.05) is 18.2 Å². The summed E-state index contributed by atoms with van der Waals surface area (Å²) in [6.45, 7) is -1.51. The van der Waals surface area contributed by atoms with Crippen molar-refractivity contribution in [3.05, 3.63) is 29.8 Å². The molecule has 1 aliphatic rings. The molecule has 1 saturated carbocycles. The van der Waals surface area contributed by atoms with Crippen LogP contribution in [0.3, 0.4) is 0 Å². The van der Waals surface area contributed by atoms with Crippen molar-refractivity contribution in [2.75, 3.05) is 20.2 Å². The first-order chi connectivity index (χ1) is 10.4. The summed E-state index contributed by atoms with van der Waals surface area (Å²) in [5.74, 6) is -2.78. The molecule has 3 N–H and O–H groups in total. The lowest BCUT2D eigenvalue weighted by Crippen LogP contribution is -2.48. The van der Waals surface area contributed by atoms with Gasteiger partial charge in [-0.3, -0.25) is 4.79 Å². The highest BCUT2D eigenvalue weighted by Gasteiger charge is 2.43. The van der Waals surface area contributed by atoms with Gasteiger partial charge in [-0.2, -0.15) is 0 Å². The molecule has 2 rings (SSSR count). The van der Waals surface area contributed by atoms with Gasteiger partial charge in [-0.1, -0.05) is 25.0 Å². The predicted octanol–water partition coefficient (Wildman–Crippen LogP) is 2.22. The van der Waals surface area contributed by atoms with Crippen molar-refractivity contribution in [2.24, 2.45) is 5.73 Å². The van der Waals surface area contributed by atoms with Crippen LogP contribution in [0.5, 0.6) is 5.75 Å². The number of nitrogens with one attached hydrogen (secondary N) is 1. The van der Waals surface area contributed by atoms with Gasteiger partial charge in [0.15, 0.2) is 0 Å². The Bertz CT molecular complexity index is 529. The molecule has 0 aliphatic heterocycles. The van der Waals surface area contributed by atoms with Crippen LogP contribution >= 0.6 is 0 Å². The quantitative estimate of drug-likeness (QED) is 0.846. The summed E-state index contributed by atoms with van der Waals surface area (Å²) in [4.78, 5) is 12.6. The largest absolute Gasteiger partial charge is 0.497 e. The number of alkyl halides is 2. The van der Waals surface area contributed by atoms with Crippen LogP contribution in [0.25, 0.3) is 0 Å².